The molecule has 0 heterocycles. The van der Waals surface area contributed by atoms with Crippen LogP contribution in [0, 0.1) is 18.3 Å². The molecule has 0 saturated carbocycles. The lowest BCUT2D eigenvalue weighted by atomic mass is 10.00. The average molecular weight is 237 g/mol. The molecule has 2 aromatic rings. The lowest BCUT2D eigenvalue weighted by Crippen LogP contribution is -1.94. The van der Waals surface area contributed by atoms with Crippen LogP contribution in [0.3, 0.4) is 0 Å². The topological polar surface area (TPSA) is 33.0 Å². The van der Waals surface area contributed by atoms with E-state index in [-0.39, 0.29) is 0 Å². The second-order valence-corrected chi connectivity index (χ2v) is 4.13. The number of aryl methyl sites for hydroxylation is 1. The first-order valence-electron chi connectivity index (χ1n) is 5.98. The first-order chi connectivity index (χ1) is 8.74. The monoisotopic (exact) mass is 237 g/mol. The summed E-state index contributed by atoms with van der Waals surface area (Å²) >= 11 is 0. The third-order valence-corrected chi connectivity index (χ3v) is 2.70. The van der Waals surface area contributed by atoms with E-state index in [0.29, 0.717) is 12.2 Å². The first kappa shape index (κ1) is 12.2. The lowest BCUT2D eigenvalue weighted by molar-refractivity contribution is 0.341. The first-order valence-corrected chi connectivity index (χ1v) is 5.98. The molecule has 0 bridgehead atoms. The van der Waals surface area contributed by atoms with E-state index in [1.165, 1.54) is 0 Å². The van der Waals surface area contributed by atoms with Gasteiger partial charge in [0.05, 0.1) is 18.2 Å². The standard InChI is InChI=1S/C16H15NO/c1-3-18-16-7-5-4-6-15(16)14-9-12(2)8-13(10-14)11-17/h4-10H,3H2,1-2H3. The van der Waals surface area contributed by atoms with Crippen LogP contribution in [-0.2, 0) is 0 Å². The van der Waals surface area contributed by atoms with Gasteiger partial charge in [0, 0.05) is 5.56 Å². The summed E-state index contributed by atoms with van der Waals surface area (Å²) in [6.45, 7) is 4.59. The highest BCUT2D eigenvalue weighted by Gasteiger charge is 2.07. The van der Waals surface area contributed by atoms with Crippen molar-refractivity contribution in [3.8, 4) is 22.9 Å². The van der Waals surface area contributed by atoms with Gasteiger partial charge in [0.15, 0.2) is 0 Å². The van der Waals surface area contributed by atoms with Crippen LogP contribution in [0.1, 0.15) is 18.1 Å². The van der Waals surface area contributed by atoms with Crippen molar-refractivity contribution < 1.29 is 4.74 Å². The fourth-order valence-corrected chi connectivity index (χ4v) is 1.99. The lowest BCUT2D eigenvalue weighted by Gasteiger charge is -2.11. The van der Waals surface area contributed by atoms with E-state index in [2.05, 4.69) is 12.1 Å². The number of para-hydroxylation sites is 1. The number of hydrogen-bond donors (Lipinski definition) is 0. The van der Waals surface area contributed by atoms with Crippen molar-refractivity contribution >= 4 is 0 Å². The normalized spacial score (nSPS) is 9.83. The maximum absolute atomic E-state index is 9.02. The molecule has 0 fully saturated rings. The summed E-state index contributed by atoms with van der Waals surface area (Å²) < 4.78 is 5.62. The molecule has 0 amide bonds. The molecule has 0 aliphatic rings. The minimum Gasteiger partial charge on any atom is -0.493 e. The molecule has 18 heavy (non-hydrogen) atoms. The molecule has 0 aliphatic heterocycles. The SMILES string of the molecule is CCOc1ccccc1-c1cc(C)cc(C#N)c1. The Hall–Kier alpha value is -2.27. The van der Waals surface area contributed by atoms with Crippen molar-refractivity contribution in [2.24, 2.45) is 0 Å². The van der Waals surface area contributed by atoms with Crippen LogP contribution in [0.5, 0.6) is 5.75 Å². The summed E-state index contributed by atoms with van der Waals surface area (Å²) in [6, 6.07) is 15.9. The Bertz CT molecular complexity index is 596. The Morgan fingerprint density at radius 3 is 2.67 bits per heavy atom. The van der Waals surface area contributed by atoms with Gasteiger partial charge in [-0.3, -0.25) is 0 Å². The van der Waals surface area contributed by atoms with Crippen LogP contribution >= 0.6 is 0 Å². The molecule has 0 spiro atoms. The molecule has 2 rings (SSSR count). The summed E-state index contributed by atoms with van der Waals surface area (Å²) in [5.74, 6) is 0.856. The maximum Gasteiger partial charge on any atom is 0.127 e. The zero-order valence-corrected chi connectivity index (χ0v) is 10.6. The van der Waals surface area contributed by atoms with E-state index in [4.69, 9.17) is 10.00 Å². The molecule has 0 saturated heterocycles. The molecular formula is C16H15NO. The van der Waals surface area contributed by atoms with Gasteiger partial charge in [-0.15, -0.1) is 0 Å². The Morgan fingerprint density at radius 1 is 1.17 bits per heavy atom. The predicted octanol–water partition coefficient (Wildman–Crippen LogP) is 3.93. The molecule has 2 heteroatoms. The molecule has 0 aliphatic carbocycles. The van der Waals surface area contributed by atoms with Gasteiger partial charge in [0.1, 0.15) is 5.75 Å². The van der Waals surface area contributed by atoms with Crippen molar-refractivity contribution in [2.75, 3.05) is 6.61 Å². The van der Waals surface area contributed by atoms with Crippen LogP contribution in [0.2, 0.25) is 0 Å². The predicted molar refractivity (Wildman–Crippen MR) is 72.5 cm³/mol. The van der Waals surface area contributed by atoms with E-state index in [1.807, 2.05) is 50.2 Å². The second kappa shape index (κ2) is 5.37. The smallest absolute Gasteiger partial charge is 0.127 e. The van der Waals surface area contributed by atoms with Crippen LogP contribution in [0.15, 0.2) is 42.5 Å². The van der Waals surface area contributed by atoms with E-state index >= 15 is 0 Å². The van der Waals surface area contributed by atoms with Gasteiger partial charge in [-0.2, -0.15) is 5.26 Å². The van der Waals surface area contributed by atoms with Crippen molar-refractivity contribution in [2.45, 2.75) is 13.8 Å². The summed E-state index contributed by atoms with van der Waals surface area (Å²) in [5, 5.41) is 9.02. The van der Waals surface area contributed by atoms with Gasteiger partial charge in [-0.1, -0.05) is 24.3 Å². The van der Waals surface area contributed by atoms with Gasteiger partial charge in [-0.25, -0.2) is 0 Å². The van der Waals surface area contributed by atoms with Crippen LogP contribution in [0.25, 0.3) is 11.1 Å². The Kier molecular flexibility index (Phi) is 3.64. The second-order valence-electron chi connectivity index (χ2n) is 4.13. The number of rotatable bonds is 3. The fraction of sp³-hybridized carbons (Fsp3) is 0.188. The zero-order valence-electron chi connectivity index (χ0n) is 10.6. The highest BCUT2D eigenvalue weighted by atomic mass is 16.5. The van der Waals surface area contributed by atoms with Gasteiger partial charge < -0.3 is 4.74 Å². The Balaban J connectivity index is 2.55. The highest BCUT2D eigenvalue weighted by molar-refractivity contribution is 5.72. The van der Waals surface area contributed by atoms with Crippen LogP contribution in [0.4, 0.5) is 0 Å². The van der Waals surface area contributed by atoms with Gasteiger partial charge in [0.25, 0.3) is 0 Å². The van der Waals surface area contributed by atoms with Crippen molar-refractivity contribution in [1.29, 1.82) is 5.26 Å². The average Bonchev–Trinajstić information content (AvgIpc) is 2.39. The highest BCUT2D eigenvalue weighted by Crippen LogP contribution is 2.31. The van der Waals surface area contributed by atoms with Gasteiger partial charge in [0.2, 0.25) is 0 Å². The summed E-state index contributed by atoms with van der Waals surface area (Å²) in [4.78, 5) is 0. The van der Waals surface area contributed by atoms with Gasteiger partial charge >= 0.3 is 0 Å². The molecule has 90 valence electrons. The number of ether oxygens (including phenoxy) is 1. The molecule has 0 radical (unpaired) electrons. The molecule has 0 N–H and O–H groups in total. The summed E-state index contributed by atoms with van der Waals surface area (Å²) in [7, 11) is 0. The van der Waals surface area contributed by atoms with E-state index in [9.17, 15) is 0 Å². The number of hydrogen-bond acceptors (Lipinski definition) is 2. The van der Waals surface area contributed by atoms with Crippen molar-refractivity contribution in [3.63, 3.8) is 0 Å². The number of nitrogens with zero attached hydrogens (tertiary/aromatic N) is 1. The van der Waals surface area contributed by atoms with Crippen molar-refractivity contribution in [1.82, 2.24) is 0 Å². The quantitative estimate of drug-likeness (QED) is 0.810. The molecule has 0 atom stereocenters. The largest absolute Gasteiger partial charge is 0.493 e. The molecular weight excluding hydrogens is 222 g/mol. The van der Waals surface area contributed by atoms with Gasteiger partial charge in [-0.05, 0) is 43.2 Å². The zero-order chi connectivity index (χ0) is 13.0. The Labute approximate surface area is 107 Å². The van der Waals surface area contributed by atoms with Crippen molar-refractivity contribution in [3.05, 3.63) is 53.6 Å². The van der Waals surface area contributed by atoms with Crippen LogP contribution in [-0.4, -0.2) is 6.61 Å². The summed E-state index contributed by atoms with van der Waals surface area (Å²) in [5.41, 5.74) is 3.81. The number of nitriles is 1. The Morgan fingerprint density at radius 2 is 1.94 bits per heavy atom. The number of benzene rings is 2. The minimum absolute atomic E-state index is 0.633. The van der Waals surface area contributed by atoms with E-state index in [1.54, 1.807) is 0 Å². The minimum atomic E-state index is 0.633. The molecule has 0 aromatic heterocycles. The van der Waals surface area contributed by atoms with E-state index < -0.39 is 0 Å². The van der Waals surface area contributed by atoms with E-state index in [0.717, 1.165) is 22.4 Å². The third kappa shape index (κ3) is 2.52. The molecule has 2 aromatic carbocycles. The van der Waals surface area contributed by atoms with Crippen LogP contribution < -0.4 is 4.74 Å². The maximum atomic E-state index is 9.02. The fourth-order valence-electron chi connectivity index (χ4n) is 1.99. The molecule has 2 nitrogen and oxygen atoms in total. The summed E-state index contributed by atoms with van der Waals surface area (Å²) in [6.07, 6.45) is 0. The third-order valence-electron chi connectivity index (χ3n) is 2.70. The molecule has 0 unspecified atom stereocenters.